The van der Waals surface area contributed by atoms with Crippen molar-refractivity contribution in [3.05, 3.63) is 53.9 Å². The van der Waals surface area contributed by atoms with E-state index in [-0.39, 0.29) is 0 Å². The minimum Gasteiger partial charge on any atom is -0.353 e. The molecule has 0 bridgehead atoms. The number of piperazine rings is 1. The average molecular weight is 366 g/mol. The highest BCUT2D eigenvalue weighted by molar-refractivity contribution is 6.34. The summed E-state index contributed by atoms with van der Waals surface area (Å²) in [6.45, 7) is 3.46. The van der Waals surface area contributed by atoms with Crippen molar-refractivity contribution in [2.45, 2.75) is 0 Å². The first-order valence-electron chi connectivity index (χ1n) is 8.50. The van der Waals surface area contributed by atoms with Gasteiger partial charge in [0.25, 0.3) is 0 Å². The molecule has 4 heterocycles. The summed E-state index contributed by atoms with van der Waals surface area (Å²) in [6.07, 6.45) is 1.62. The van der Waals surface area contributed by atoms with E-state index in [1.54, 1.807) is 10.8 Å². The highest BCUT2D eigenvalue weighted by Crippen LogP contribution is 2.27. The summed E-state index contributed by atoms with van der Waals surface area (Å²) >= 11 is 6.38. The second-order valence-corrected chi connectivity index (χ2v) is 6.65. The average Bonchev–Trinajstić information content (AvgIpc) is 3.16. The molecule has 7 nitrogen and oxygen atoms in total. The molecule has 26 heavy (non-hydrogen) atoms. The molecule has 0 atom stereocenters. The Balaban J connectivity index is 1.36. The fourth-order valence-electron chi connectivity index (χ4n) is 3.36. The van der Waals surface area contributed by atoms with E-state index in [4.69, 9.17) is 11.6 Å². The van der Waals surface area contributed by atoms with E-state index in [0.717, 1.165) is 54.2 Å². The van der Waals surface area contributed by atoms with Gasteiger partial charge in [0, 0.05) is 31.6 Å². The Labute approximate surface area is 154 Å². The van der Waals surface area contributed by atoms with Gasteiger partial charge in [0.15, 0.2) is 5.65 Å². The molecular weight excluding hydrogens is 350 g/mol. The number of hydrogen-bond donors (Lipinski definition) is 0. The van der Waals surface area contributed by atoms with Crippen LogP contribution in [0.1, 0.15) is 0 Å². The SMILES string of the molecule is Clc1nc(N2CCN(c3ccc4nncn4n3)CC2)cc2ccccc12. The van der Waals surface area contributed by atoms with Gasteiger partial charge in [0.2, 0.25) is 0 Å². The molecule has 5 rings (SSSR count). The van der Waals surface area contributed by atoms with Crippen LogP contribution in [0, 0.1) is 0 Å². The molecule has 3 aromatic heterocycles. The molecule has 0 amide bonds. The smallest absolute Gasteiger partial charge is 0.177 e. The Morgan fingerprint density at radius 3 is 2.50 bits per heavy atom. The molecule has 1 aliphatic rings. The van der Waals surface area contributed by atoms with E-state index in [0.29, 0.717) is 5.15 Å². The molecule has 0 N–H and O–H groups in total. The summed E-state index contributed by atoms with van der Waals surface area (Å²) in [5, 5.41) is 15.1. The van der Waals surface area contributed by atoms with Gasteiger partial charge in [0.1, 0.15) is 23.1 Å². The monoisotopic (exact) mass is 365 g/mol. The van der Waals surface area contributed by atoms with E-state index < -0.39 is 0 Å². The van der Waals surface area contributed by atoms with Crippen molar-refractivity contribution < 1.29 is 0 Å². The second kappa shape index (κ2) is 6.10. The number of halogens is 1. The molecular formula is C18H16ClN7. The molecule has 1 fully saturated rings. The maximum absolute atomic E-state index is 6.38. The Bertz CT molecular complexity index is 1090. The topological polar surface area (TPSA) is 62.5 Å². The molecule has 130 valence electrons. The van der Waals surface area contributed by atoms with Crippen LogP contribution in [0.15, 0.2) is 48.8 Å². The largest absolute Gasteiger partial charge is 0.353 e. The molecule has 0 spiro atoms. The van der Waals surface area contributed by atoms with E-state index >= 15 is 0 Å². The van der Waals surface area contributed by atoms with Crippen LogP contribution in [0.25, 0.3) is 16.4 Å². The van der Waals surface area contributed by atoms with Gasteiger partial charge in [-0.2, -0.15) is 4.52 Å². The quantitative estimate of drug-likeness (QED) is 0.509. The molecule has 8 heteroatoms. The van der Waals surface area contributed by atoms with E-state index in [9.17, 15) is 0 Å². The van der Waals surface area contributed by atoms with Gasteiger partial charge >= 0.3 is 0 Å². The van der Waals surface area contributed by atoms with Crippen LogP contribution in [-0.2, 0) is 0 Å². The van der Waals surface area contributed by atoms with Gasteiger partial charge in [-0.1, -0.05) is 35.9 Å². The van der Waals surface area contributed by atoms with Gasteiger partial charge in [0.05, 0.1) is 0 Å². The number of aromatic nitrogens is 5. The van der Waals surface area contributed by atoms with Crippen molar-refractivity contribution in [2.75, 3.05) is 36.0 Å². The molecule has 0 saturated carbocycles. The molecule has 4 aromatic rings. The lowest BCUT2D eigenvalue weighted by Gasteiger charge is -2.36. The molecule has 1 saturated heterocycles. The number of fused-ring (bicyclic) bond motifs is 2. The third-order valence-corrected chi connectivity index (χ3v) is 5.04. The molecule has 0 unspecified atom stereocenters. The highest BCUT2D eigenvalue weighted by atomic mass is 35.5. The Kier molecular flexibility index (Phi) is 3.60. The van der Waals surface area contributed by atoms with Crippen LogP contribution in [-0.4, -0.2) is 51.0 Å². The lowest BCUT2D eigenvalue weighted by molar-refractivity contribution is 0.636. The second-order valence-electron chi connectivity index (χ2n) is 6.29. The summed E-state index contributed by atoms with van der Waals surface area (Å²) in [7, 11) is 0. The summed E-state index contributed by atoms with van der Waals surface area (Å²) in [6, 6.07) is 14.1. The minimum absolute atomic E-state index is 0.556. The summed E-state index contributed by atoms with van der Waals surface area (Å²) in [4.78, 5) is 9.13. The molecule has 0 radical (unpaired) electrons. The number of anilines is 2. The van der Waals surface area contributed by atoms with Gasteiger partial charge in [-0.15, -0.1) is 15.3 Å². The van der Waals surface area contributed by atoms with E-state index in [1.807, 2.05) is 30.3 Å². The normalized spacial score (nSPS) is 15.1. The maximum atomic E-state index is 6.38. The Morgan fingerprint density at radius 1 is 0.885 bits per heavy atom. The first kappa shape index (κ1) is 15.3. The lowest BCUT2D eigenvalue weighted by Crippen LogP contribution is -2.47. The van der Waals surface area contributed by atoms with Crippen LogP contribution < -0.4 is 9.80 Å². The lowest BCUT2D eigenvalue weighted by atomic mass is 10.1. The zero-order valence-electron chi connectivity index (χ0n) is 14.0. The zero-order valence-corrected chi connectivity index (χ0v) is 14.7. The number of hydrogen-bond acceptors (Lipinski definition) is 6. The van der Waals surface area contributed by atoms with Gasteiger partial charge in [-0.05, 0) is 23.6 Å². The van der Waals surface area contributed by atoms with Crippen LogP contribution in [0.5, 0.6) is 0 Å². The minimum atomic E-state index is 0.556. The number of benzene rings is 1. The summed E-state index contributed by atoms with van der Waals surface area (Å²) < 4.78 is 1.70. The van der Waals surface area contributed by atoms with Gasteiger partial charge < -0.3 is 9.80 Å². The molecule has 1 aliphatic heterocycles. The third-order valence-electron chi connectivity index (χ3n) is 4.76. The third kappa shape index (κ3) is 2.61. The first-order valence-corrected chi connectivity index (χ1v) is 8.88. The summed E-state index contributed by atoms with van der Waals surface area (Å²) in [5.74, 6) is 1.86. The standard InChI is InChI=1S/C18H16ClN7/c19-18-14-4-2-1-3-13(14)11-17(21-18)25-9-7-24(8-10-25)16-6-5-15-22-20-12-26(15)23-16/h1-6,11-12H,7-10H2. The van der Waals surface area contributed by atoms with Gasteiger partial charge in [-0.25, -0.2) is 4.98 Å². The van der Waals surface area contributed by atoms with Crippen molar-refractivity contribution in [3.63, 3.8) is 0 Å². The number of pyridine rings is 1. The molecule has 1 aromatic carbocycles. The van der Waals surface area contributed by atoms with Crippen molar-refractivity contribution in [1.29, 1.82) is 0 Å². The predicted octanol–water partition coefficient (Wildman–Crippen LogP) is 2.65. The van der Waals surface area contributed by atoms with Crippen molar-refractivity contribution >= 4 is 39.7 Å². The Morgan fingerprint density at radius 2 is 1.65 bits per heavy atom. The maximum Gasteiger partial charge on any atom is 0.177 e. The zero-order chi connectivity index (χ0) is 17.5. The van der Waals surface area contributed by atoms with Crippen LogP contribution in [0.3, 0.4) is 0 Å². The van der Waals surface area contributed by atoms with Crippen LogP contribution in [0.2, 0.25) is 5.15 Å². The number of nitrogens with zero attached hydrogens (tertiary/aromatic N) is 7. The van der Waals surface area contributed by atoms with E-state index in [1.165, 1.54) is 0 Å². The van der Waals surface area contributed by atoms with Gasteiger partial charge in [-0.3, -0.25) is 0 Å². The predicted molar refractivity (Wildman–Crippen MR) is 102 cm³/mol. The van der Waals surface area contributed by atoms with Crippen molar-refractivity contribution in [3.8, 4) is 0 Å². The van der Waals surface area contributed by atoms with Crippen LogP contribution in [0.4, 0.5) is 11.6 Å². The Hall–Kier alpha value is -2.93. The summed E-state index contributed by atoms with van der Waals surface area (Å²) in [5.41, 5.74) is 0.752. The molecule has 0 aliphatic carbocycles. The fourth-order valence-corrected chi connectivity index (χ4v) is 3.62. The first-order chi connectivity index (χ1) is 12.8. The fraction of sp³-hybridized carbons (Fsp3) is 0.222. The van der Waals surface area contributed by atoms with Crippen molar-refractivity contribution in [2.24, 2.45) is 0 Å². The van der Waals surface area contributed by atoms with Crippen molar-refractivity contribution in [1.82, 2.24) is 24.8 Å². The number of rotatable bonds is 2. The highest BCUT2D eigenvalue weighted by Gasteiger charge is 2.20. The van der Waals surface area contributed by atoms with Crippen LogP contribution >= 0.6 is 11.6 Å². The van der Waals surface area contributed by atoms with E-state index in [2.05, 4.69) is 42.2 Å².